The van der Waals surface area contributed by atoms with Gasteiger partial charge < -0.3 is 10.5 Å². The summed E-state index contributed by atoms with van der Waals surface area (Å²) in [4.78, 5) is 11.6. The van der Waals surface area contributed by atoms with Gasteiger partial charge in [-0.2, -0.15) is 0 Å². The number of ether oxygens (including phenoxy) is 1. The zero-order valence-corrected chi connectivity index (χ0v) is 9.30. The number of Topliss-reactive ketones (excluding diaryl/α,β-unsaturated/α-hetero) is 1. The van der Waals surface area contributed by atoms with Gasteiger partial charge in [-0.3, -0.25) is 4.79 Å². The van der Waals surface area contributed by atoms with Crippen molar-refractivity contribution in [3.63, 3.8) is 0 Å². The lowest BCUT2D eigenvalue weighted by atomic mass is 10.1. The van der Waals surface area contributed by atoms with Gasteiger partial charge in [-0.05, 0) is 24.3 Å². The first-order valence-corrected chi connectivity index (χ1v) is 5.36. The molecule has 2 N–H and O–H groups in total. The smallest absolute Gasteiger partial charge is 0.180 e. The lowest BCUT2D eigenvalue weighted by Crippen LogP contribution is -2.14. The molecule has 0 heterocycles. The van der Waals surface area contributed by atoms with Crippen LogP contribution in [0.4, 0.5) is 0 Å². The molecule has 2 rings (SSSR count). The van der Waals surface area contributed by atoms with Gasteiger partial charge in [0.05, 0.1) is 12.1 Å². The molecule has 2 aromatic carbocycles. The standard InChI is InChI=1S/C14H13NO2/c15-10-13(16)12-8-4-5-9-14(12)17-11-6-2-1-3-7-11/h1-9H,10,15H2. The minimum Gasteiger partial charge on any atom is -0.457 e. The van der Waals surface area contributed by atoms with E-state index in [-0.39, 0.29) is 12.3 Å². The summed E-state index contributed by atoms with van der Waals surface area (Å²) in [6, 6.07) is 16.4. The topological polar surface area (TPSA) is 52.3 Å². The van der Waals surface area contributed by atoms with E-state index >= 15 is 0 Å². The second kappa shape index (κ2) is 5.27. The molecule has 0 saturated heterocycles. The third kappa shape index (κ3) is 2.71. The Labute approximate surface area is 99.8 Å². The van der Waals surface area contributed by atoms with Crippen LogP contribution in [0, 0.1) is 0 Å². The fourth-order valence-corrected chi connectivity index (χ4v) is 1.51. The average molecular weight is 227 g/mol. The van der Waals surface area contributed by atoms with Crippen molar-refractivity contribution in [3.8, 4) is 11.5 Å². The zero-order chi connectivity index (χ0) is 12.1. The van der Waals surface area contributed by atoms with Crippen LogP contribution in [-0.2, 0) is 0 Å². The Morgan fingerprint density at radius 2 is 1.65 bits per heavy atom. The lowest BCUT2D eigenvalue weighted by Gasteiger charge is -2.09. The van der Waals surface area contributed by atoms with Crippen LogP contribution in [0.5, 0.6) is 11.5 Å². The van der Waals surface area contributed by atoms with Gasteiger partial charge in [-0.25, -0.2) is 0 Å². The highest BCUT2D eigenvalue weighted by atomic mass is 16.5. The van der Waals surface area contributed by atoms with E-state index in [0.717, 1.165) is 0 Å². The Morgan fingerprint density at radius 3 is 2.35 bits per heavy atom. The van der Waals surface area contributed by atoms with E-state index in [0.29, 0.717) is 17.1 Å². The van der Waals surface area contributed by atoms with E-state index in [4.69, 9.17) is 10.5 Å². The van der Waals surface area contributed by atoms with Gasteiger partial charge in [-0.15, -0.1) is 0 Å². The van der Waals surface area contributed by atoms with E-state index < -0.39 is 0 Å². The zero-order valence-electron chi connectivity index (χ0n) is 9.30. The van der Waals surface area contributed by atoms with E-state index in [9.17, 15) is 4.79 Å². The Balaban J connectivity index is 2.30. The summed E-state index contributed by atoms with van der Waals surface area (Å²) in [7, 11) is 0. The first-order valence-electron chi connectivity index (χ1n) is 5.36. The van der Waals surface area contributed by atoms with Crippen molar-refractivity contribution < 1.29 is 9.53 Å². The van der Waals surface area contributed by atoms with Crippen LogP contribution in [-0.4, -0.2) is 12.3 Å². The first-order chi connectivity index (χ1) is 8.31. The number of hydrogen-bond acceptors (Lipinski definition) is 3. The van der Waals surface area contributed by atoms with E-state index in [2.05, 4.69) is 0 Å². The van der Waals surface area contributed by atoms with Crippen molar-refractivity contribution in [2.45, 2.75) is 0 Å². The summed E-state index contributed by atoms with van der Waals surface area (Å²) in [5, 5.41) is 0. The molecule has 3 nitrogen and oxygen atoms in total. The van der Waals surface area contributed by atoms with E-state index in [1.54, 1.807) is 18.2 Å². The molecule has 0 spiro atoms. The minimum absolute atomic E-state index is 0.0187. The molecule has 0 bridgehead atoms. The van der Waals surface area contributed by atoms with Gasteiger partial charge in [0.1, 0.15) is 11.5 Å². The van der Waals surface area contributed by atoms with Gasteiger partial charge >= 0.3 is 0 Å². The van der Waals surface area contributed by atoms with Crippen LogP contribution in [0.2, 0.25) is 0 Å². The second-order valence-electron chi connectivity index (χ2n) is 3.54. The van der Waals surface area contributed by atoms with E-state index in [1.165, 1.54) is 0 Å². The Kier molecular flexibility index (Phi) is 3.52. The maximum absolute atomic E-state index is 11.6. The van der Waals surface area contributed by atoms with Gasteiger partial charge in [-0.1, -0.05) is 30.3 Å². The number of nitrogens with two attached hydrogens (primary N) is 1. The van der Waals surface area contributed by atoms with Crippen molar-refractivity contribution in [2.75, 3.05) is 6.54 Å². The van der Waals surface area contributed by atoms with Crippen LogP contribution in [0.1, 0.15) is 10.4 Å². The number of benzene rings is 2. The molecule has 17 heavy (non-hydrogen) atoms. The molecule has 86 valence electrons. The monoisotopic (exact) mass is 227 g/mol. The summed E-state index contributed by atoms with van der Waals surface area (Å²) >= 11 is 0. The van der Waals surface area contributed by atoms with Crippen molar-refractivity contribution >= 4 is 5.78 Å². The van der Waals surface area contributed by atoms with Crippen LogP contribution < -0.4 is 10.5 Å². The van der Waals surface area contributed by atoms with Crippen LogP contribution in [0.3, 0.4) is 0 Å². The third-order valence-corrected chi connectivity index (χ3v) is 2.34. The molecular weight excluding hydrogens is 214 g/mol. The lowest BCUT2D eigenvalue weighted by molar-refractivity contribution is 0.0999. The van der Waals surface area contributed by atoms with Crippen LogP contribution in [0.15, 0.2) is 54.6 Å². The summed E-state index contributed by atoms with van der Waals surface area (Å²) in [5.74, 6) is 1.11. The molecule has 0 unspecified atom stereocenters. The first kappa shape index (κ1) is 11.4. The van der Waals surface area contributed by atoms with Gasteiger partial charge in [0.15, 0.2) is 5.78 Å². The molecule has 0 fully saturated rings. The second-order valence-corrected chi connectivity index (χ2v) is 3.54. The van der Waals surface area contributed by atoms with Gasteiger partial charge in [0.2, 0.25) is 0 Å². The Bertz CT molecular complexity index is 509. The fourth-order valence-electron chi connectivity index (χ4n) is 1.51. The number of rotatable bonds is 4. The van der Waals surface area contributed by atoms with Crippen molar-refractivity contribution in [2.24, 2.45) is 5.73 Å². The number of hydrogen-bond donors (Lipinski definition) is 1. The molecule has 0 atom stereocenters. The Morgan fingerprint density at radius 1 is 1.00 bits per heavy atom. The number of para-hydroxylation sites is 2. The molecule has 0 aliphatic carbocycles. The number of carbonyl (C=O) groups excluding carboxylic acids is 1. The molecular formula is C14H13NO2. The molecule has 2 aromatic rings. The highest BCUT2D eigenvalue weighted by Gasteiger charge is 2.10. The SMILES string of the molecule is NCC(=O)c1ccccc1Oc1ccccc1. The normalized spacial score (nSPS) is 9.94. The fraction of sp³-hybridized carbons (Fsp3) is 0.0714. The predicted octanol–water partition coefficient (Wildman–Crippen LogP) is 2.62. The molecule has 3 heteroatoms. The Hall–Kier alpha value is -2.13. The molecule has 0 aromatic heterocycles. The van der Waals surface area contributed by atoms with Gasteiger partial charge in [0.25, 0.3) is 0 Å². The average Bonchev–Trinajstić information content (AvgIpc) is 2.40. The maximum Gasteiger partial charge on any atom is 0.180 e. The van der Waals surface area contributed by atoms with Gasteiger partial charge in [0, 0.05) is 0 Å². The van der Waals surface area contributed by atoms with Crippen molar-refractivity contribution in [3.05, 3.63) is 60.2 Å². The number of carbonyl (C=O) groups is 1. The quantitative estimate of drug-likeness (QED) is 0.817. The highest BCUT2D eigenvalue weighted by Crippen LogP contribution is 2.24. The molecule has 0 aliphatic rings. The molecule has 0 amide bonds. The van der Waals surface area contributed by atoms with Crippen molar-refractivity contribution in [1.29, 1.82) is 0 Å². The molecule has 0 aliphatic heterocycles. The number of ketones is 1. The largest absolute Gasteiger partial charge is 0.457 e. The van der Waals surface area contributed by atoms with E-state index in [1.807, 2.05) is 36.4 Å². The minimum atomic E-state index is -0.128. The summed E-state index contributed by atoms with van der Waals surface area (Å²) in [6.07, 6.45) is 0. The van der Waals surface area contributed by atoms with Crippen LogP contribution in [0.25, 0.3) is 0 Å². The predicted molar refractivity (Wildman–Crippen MR) is 66.3 cm³/mol. The third-order valence-electron chi connectivity index (χ3n) is 2.34. The summed E-state index contributed by atoms with van der Waals surface area (Å²) in [6.45, 7) is -0.0187. The van der Waals surface area contributed by atoms with Crippen molar-refractivity contribution in [1.82, 2.24) is 0 Å². The highest BCUT2D eigenvalue weighted by molar-refractivity contribution is 6.00. The van der Waals surface area contributed by atoms with Crippen LogP contribution >= 0.6 is 0 Å². The maximum atomic E-state index is 11.6. The summed E-state index contributed by atoms with van der Waals surface area (Å²) < 4.78 is 5.66. The molecule has 0 radical (unpaired) electrons. The molecule has 0 saturated carbocycles. The summed E-state index contributed by atoms with van der Waals surface area (Å²) in [5.41, 5.74) is 5.87.